The highest BCUT2D eigenvalue weighted by Gasteiger charge is 2.12. The average molecular weight is 350 g/mol. The van der Waals surface area contributed by atoms with Crippen LogP contribution in [0.3, 0.4) is 0 Å². The van der Waals surface area contributed by atoms with E-state index in [0.717, 1.165) is 5.56 Å². The molecular weight excluding hydrogens is 331 g/mol. The van der Waals surface area contributed by atoms with Crippen LogP contribution in [0.1, 0.15) is 21.6 Å². The molecule has 3 rings (SSSR count). The number of carbonyl (C=O) groups is 1. The van der Waals surface area contributed by atoms with E-state index in [1.54, 1.807) is 24.4 Å². The number of nitrogens with zero attached hydrogens (tertiary/aromatic N) is 3. The van der Waals surface area contributed by atoms with Crippen LogP contribution in [0.4, 0.5) is 10.3 Å². The van der Waals surface area contributed by atoms with Gasteiger partial charge in [-0.1, -0.05) is 48.5 Å². The molecule has 0 aliphatic heterocycles. The van der Waals surface area contributed by atoms with E-state index in [2.05, 4.69) is 15.3 Å². The van der Waals surface area contributed by atoms with Gasteiger partial charge in [0.15, 0.2) is 0 Å². The average Bonchev–Trinajstić information content (AvgIpc) is 2.68. The molecule has 26 heavy (non-hydrogen) atoms. The molecule has 0 saturated carbocycles. The summed E-state index contributed by atoms with van der Waals surface area (Å²) in [6, 6.07) is 17.8. The van der Waals surface area contributed by atoms with Crippen LogP contribution in [0.5, 0.6) is 0 Å². The van der Waals surface area contributed by atoms with Crippen molar-refractivity contribution in [2.24, 2.45) is 0 Å². The van der Waals surface area contributed by atoms with Crippen molar-refractivity contribution >= 4 is 11.9 Å². The maximum Gasteiger partial charge on any atom is 0.270 e. The van der Waals surface area contributed by atoms with Gasteiger partial charge in [-0.3, -0.25) is 4.79 Å². The van der Waals surface area contributed by atoms with Crippen molar-refractivity contribution in [1.82, 2.24) is 15.3 Å². The third-order valence-electron chi connectivity index (χ3n) is 3.88. The van der Waals surface area contributed by atoms with Crippen molar-refractivity contribution in [3.63, 3.8) is 0 Å². The second-order valence-corrected chi connectivity index (χ2v) is 5.86. The summed E-state index contributed by atoms with van der Waals surface area (Å²) in [7, 11) is 1.86. The van der Waals surface area contributed by atoms with E-state index < -0.39 is 0 Å². The summed E-state index contributed by atoms with van der Waals surface area (Å²) >= 11 is 0. The smallest absolute Gasteiger partial charge is 0.270 e. The normalized spacial score (nSPS) is 10.4. The molecule has 0 radical (unpaired) electrons. The minimum Gasteiger partial charge on any atom is -0.347 e. The van der Waals surface area contributed by atoms with Gasteiger partial charge in [0, 0.05) is 31.9 Å². The summed E-state index contributed by atoms with van der Waals surface area (Å²) in [5.74, 6) is -0.267. The molecule has 1 aromatic heterocycles. The number of halogens is 1. The SMILES string of the molecule is CN(Cc1ccccc1)c1nccc(C(=O)NCc2ccccc2F)n1. The highest BCUT2D eigenvalue weighted by Crippen LogP contribution is 2.11. The maximum atomic E-state index is 13.6. The second kappa shape index (κ2) is 8.20. The molecule has 0 aliphatic carbocycles. The Morgan fingerprint density at radius 2 is 1.81 bits per heavy atom. The first-order chi connectivity index (χ1) is 12.6. The van der Waals surface area contributed by atoms with Crippen molar-refractivity contribution in [2.45, 2.75) is 13.1 Å². The molecule has 1 amide bonds. The van der Waals surface area contributed by atoms with Gasteiger partial charge < -0.3 is 10.2 Å². The van der Waals surface area contributed by atoms with Crippen molar-refractivity contribution in [3.8, 4) is 0 Å². The van der Waals surface area contributed by atoms with Crippen LogP contribution in [0.25, 0.3) is 0 Å². The number of hydrogen-bond acceptors (Lipinski definition) is 4. The number of aromatic nitrogens is 2. The molecule has 3 aromatic rings. The first-order valence-electron chi connectivity index (χ1n) is 8.23. The predicted octanol–water partition coefficient (Wildman–Crippen LogP) is 3.18. The number of nitrogens with one attached hydrogen (secondary N) is 1. The fourth-order valence-corrected chi connectivity index (χ4v) is 2.49. The Kier molecular flexibility index (Phi) is 5.53. The zero-order chi connectivity index (χ0) is 18.4. The third kappa shape index (κ3) is 4.42. The van der Waals surface area contributed by atoms with E-state index in [1.165, 1.54) is 12.1 Å². The standard InChI is InChI=1S/C20H19FN4O/c1-25(14-15-7-3-2-4-8-15)20-22-12-11-18(24-20)19(26)23-13-16-9-5-6-10-17(16)21/h2-12H,13-14H2,1H3,(H,23,26). The Labute approximate surface area is 151 Å². The Morgan fingerprint density at radius 3 is 2.58 bits per heavy atom. The van der Waals surface area contributed by atoms with Crippen LogP contribution in [0, 0.1) is 5.82 Å². The highest BCUT2D eigenvalue weighted by molar-refractivity contribution is 5.92. The van der Waals surface area contributed by atoms with E-state index in [-0.39, 0.29) is 24.0 Å². The van der Waals surface area contributed by atoms with Gasteiger partial charge >= 0.3 is 0 Å². The minimum atomic E-state index is -0.370. The lowest BCUT2D eigenvalue weighted by molar-refractivity contribution is 0.0945. The Hall–Kier alpha value is -3.28. The molecule has 0 aliphatic rings. The fourth-order valence-electron chi connectivity index (χ4n) is 2.49. The number of rotatable bonds is 6. The lowest BCUT2D eigenvalue weighted by Crippen LogP contribution is -2.26. The molecule has 1 heterocycles. The Balaban J connectivity index is 1.66. The summed E-state index contributed by atoms with van der Waals surface area (Å²) in [4.78, 5) is 22.7. The Morgan fingerprint density at radius 1 is 1.08 bits per heavy atom. The van der Waals surface area contributed by atoms with Crippen LogP contribution in [0.15, 0.2) is 66.9 Å². The summed E-state index contributed by atoms with van der Waals surface area (Å²) in [5.41, 5.74) is 1.79. The zero-order valence-electron chi connectivity index (χ0n) is 14.4. The van der Waals surface area contributed by atoms with Crippen LogP contribution in [-0.4, -0.2) is 22.9 Å². The van der Waals surface area contributed by atoms with Gasteiger partial charge in [0.2, 0.25) is 5.95 Å². The molecule has 0 spiro atoms. The van der Waals surface area contributed by atoms with Gasteiger partial charge in [-0.05, 0) is 17.7 Å². The molecule has 0 unspecified atom stereocenters. The molecule has 0 atom stereocenters. The van der Waals surface area contributed by atoms with E-state index in [4.69, 9.17) is 0 Å². The van der Waals surface area contributed by atoms with Gasteiger partial charge in [-0.2, -0.15) is 0 Å². The predicted molar refractivity (Wildman–Crippen MR) is 98.2 cm³/mol. The van der Waals surface area contributed by atoms with Crippen molar-refractivity contribution in [1.29, 1.82) is 0 Å². The van der Waals surface area contributed by atoms with Gasteiger partial charge in [-0.25, -0.2) is 14.4 Å². The van der Waals surface area contributed by atoms with Crippen molar-refractivity contribution in [2.75, 3.05) is 11.9 Å². The first kappa shape index (κ1) is 17.5. The minimum absolute atomic E-state index is 0.102. The molecule has 132 valence electrons. The summed E-state index contributed by atoms with van der Waals surface area (Å²) in [6.45, 7) is 0.728. The number of amides is 1. The van der Waals surface area contributed by atoms with E-state index >= 15 is 0 Å². The van der Waals surface area contributed by atoms with Gasteiger partial charge in [0.25, 0.3) is 5.91 Å². The second-order valence-electron chi connectivity index (χ2n) is 5.86. The third-order valence-corrected chi connectivity index (χ3v) is 3.88. The van der Waals surface area contributed by atoms with Crippen molar-refractivity contribution in [3.05, 3.63) is 89.5 Å². The maximum absolute atomic E-state index is 13.6. The monoisotopic (exact) mass is 350 g/mol. The van der Waals surface area contributed by atoms with E-state index in [1.807, 2.05) is 42.3 Å². The molecule has 2 aromatic carbocycles. The van der Waals surface area contributed by atoms with Crippen LogP contribution >= 0.6 is 0 Å². The molecule has 0 bridgehead atoms. The number of benzene rings is 2. The lowest BCUT2D eigenvalue weighted by atomic mass is 10.2. The summed E-state index contributed by atoms with van der Waals surface area (Å²) < 4.78 is 13.6. The lowest BCUT2D eigenvalue weighted by Gasteiger charge is -2.17. The van der Waals surface area contributed by atoms with Crippen molar-refractivity contribution < 1.29 is 9.18 Å². The van der Waals surface area contributed by atoms with Gasteiger partial charge in [0.05, 0.1) is 0 Å². The van der Waals surface area contributed by atoms with Crippen LogP contribution < -0.4 is 10.2 Å². The number of hydrogen-bond donors (Lipinski definition) is 1. The van der Waals surface area contributed by atoms with Crippen LogP contribution in [0.2, 0.25) is 0 Å². The quantitative estimate of drug-likeness (QED) is 0.742. The molecule has 0 fully saturated rings. The topological polar surface area (TPSA) is 58.1 Å². The van der Waals surface area contributed by atoms with Gasteiger partial charge in [-0.15, -0.1) is 0 Å². The largest absolute Gasteiger partial charge is 0.347 e. The molecule has 6 heteroatoms. The molecular formula is C20H19FN4O. The summed E-state index contributed by atoms with van der Waals surface area (Å²) in [5, 5.41) is 2.68. The van der Waals surface area contributed by atoms with E-state index in [0.29, 0.717) is 18.1 Å². The number of carbonyl (C=O) groups excluding carboxylic acids is 1. The van der Waals surface area contributed by atoms with Gasteiger partial charge in [0.1, 0.15) is 11.5 Å². The molecule has 0 saturated heterocycles. The first-order valence-corrected chi connectivity index (χ1v) is 8.23. The fraction of sp³-hybridized carbons (Fsp3) is 0.150. The van der Waals surface area contributed by atoms with E-state index in [9.17, 15) is 9.18 Å². The zero-order valence-corrected chi connectivity index (χ0v) is 14.4. The molecule has 5 nitrogen and oxygen atoms in total. The summed E-state index contributed by atoms with van der Waals surface area (Å²) in [6.07, 6.45) is 1.54. The molecule has 1 N–H and O–H groups in total. The highest BCUT2D eigenvalue weighted by atomic mass is 19.1. The Bertz CT molecular complexity index is 886. The number of anilines is 1. The van der Waals surface area contributed by atoms with Crippen LogP contribution in [-0.2, 0) is 13.1 Å².